The topological polar surface area (TPSA) is 32.3 Å². The number of piperidine rings is 1. The van der Waals surface area contributed by atoms with E-state index >= 15 is 0 Å². The van der Waals surface area contributed by atoms with Crippen molar-refractivity contribution >= 4 is 18.3 Å². The maximum absolute atomic E-state index is 12.5. The van der Waals surface area contributed by atoms with Gasteiger partial charge in [0.05, 0.1) is 0 Å². The minimum atomic E-state index is 0. The summed E-state index contributed by atoms with van der Waals surface area (Å²) in [5.41, 5.74) is 0. The third-order valence-electron chi connectivity index (χ3n) is 4.89. The molecule has 1 N–H and O–H groups in total. The first kappa shape index (κ1) is 17.8. The minimum absolute atomic E-state index is 0. The molecule has 2 fully saturated rings. The fourth-order valence-corrected chi connectivity index (χ4v) is 3.57. The van der Waals surface area contributed by atoms with E-state index in [0.717, 1.165) is 44.8 Å². The highest BCUT2D eigenvalue weighted by molar-refractivity contribution is 5.85. The molecule has 2 aliphatic heterocycles. The summed E-state index contributed by atoms with van der Waals surface area (Å²) >= 11 is 0. The zero-order valence-electron chi connectivity index (χ0n) is 12.9. The Bertz CT molecular complexity index is 280. The summed E-state index contributed by atoms with van der Waals surface area (Å²) in [6, 6.07) is 0.517. The summed E-state index contributed by atoms with van der Waals surface area (Å²) in [4.78, 5) is 14.7. The van der Waals surface area contributed by atoms with Crippen molar-refractivity contribution in [1.82, 2.24) is 10.2 Å². The Hall–Kier alpha value is -0.280. The fraction of sp³-hybridized carbons (Fsp3) is 0.938. The molecule has 0 aromatic carbocycles. The molecule has 0 bridgehead atoms. The number of rotatable bonds is 4. The van der Waals surface area contributed by atoms with E-state index in [1.807, 2.05) is 0 Å². The lowest BCUT2D eigenvalue weighted by molar-refractivity contribution is -0.133. The lowest BCUT2D eigenvalue weighted by Crippen LogP contribution is -2.40. The molecule has 2 rings (SSSR count). The lowest BCUT2D eigenvalue weighted by Gasteiger charge is -2.30. The van der Waals surface area contributed by atoms with E-state index in [2.05, 4.69) is 17.1 Å². The van der Waals surface area contributed by atoms with E-state index in [0.29, 0.717) is 11.9 Å². The highest BCUT2D eigenvalue weighted by Crippen LogP contribution is 2.23. The van der Waals surface area contributed by atoms with Crippen LogP contribution in [0.15, 0.2) is 0 Å². The Balaban J connectivity index is 0.00000200. The van der Waals surface area contributed by atoms with E-state index in [1.54, 1.807) is 0 Å². The maximum atomic E-state index is 12.5. The average molecular weight is 303 g/mol. The van der Waals surface area contributed by atoms with Crippen LogP contribution >= 0.6 is 12.4 Å². The van der Waals surface area contributed by atoms with Crippen LogP contribution in [0.2, 0.25) is 0 Å². The van der Waals surface area contributed by atoms with Gasteiger partial charge in [-0.1, -0.05) is 19.8 Å². The first-order valence-electron chi connectivity index (χ1n) is 8.31. The first-order chi connectivity index (χ1) is 9.31. The largest absolute Gasteiger partial charge is 0.340 e. The number of hydrogen-bond donors (Lipinski definition) is 1. The van der Waals surface area contributed by atoms with Gasteiger partial charge in [-0.2, -0.15) is 0 Å². The Labute approximate surface area is 130 Å². The van der Waals surface area contributed by atoms with Gasteiger partial charge >= 0.3 is 0 Å². The van der Waals surface area contributed by atoms with Crippen LogP contribution in [0.25, 0.3) is 0 Å². The number of carbonyl (C=O) groups excluding carboxylic acids is 1. The third-order valence-corrected chi connectivity index (χ3v) is 4.89. The van der Waals surface area contributed by atoms with Gasteiger partial charge < -0.3 is 10.2 Å². The molecule has 0 saturated carbocycles. The maximum Gasteiger partial charge on any atom is 0.222 e. The van der Waals surface area contributed by atoms with E-state index in [9.17, 15) is 4.79 Å². The fourth-order valence-electron chi connectivity index (χ4n) is 3.57. The molecule has 0 aromatic rings. The number of amides is 1. The second-order valence-electron chi connectivity index (χ2n) is 6.23. The third kappa shape index (κ3) is 5.25. The van der Waals surface area contributed by atoms with Crippen molar-refractivity contribution < 1.29 is 4.79 Å². The highest BCUT2D eigenvalue weighted by Gasteiger charge is 2.24. The van der Waals surface area contributed by atoms with Gasteiger partial charge in [-0.3, -0.25) is 4.79 Å². The van der Waals surface area contributed by atoms with Crippen LogP contribution < -0.4 is 5.32 Å². The molecule has 20 heavy (non-hydrogen) atoms. The minimum Gasteiger partial charge on any atom is -0.340 e. The van der Waals surface area contributed by atoms with Gasteiger partial charge in [-0.05, 0) is 57.5 Å². The second kappa shape index (κ2) is 9.62. The quantitative estimate of drug-likeness (QED) is 0.863. The molecule has 4 heteroatoms. The number of carbonyl (C=O) groups is 1. The number of hydrogen-bond acceptors (Lipinski definition) is 2. The lowest BCUT2D eigenvalue weighted by atomic mass is 9.93. The Morgan fingerprint density at radius 2 is 1.90 bits per heavy atom. The number of likely N-dealkylation sites (tertiary alicyclic amines) is 1. The predicted molar refractivity (Wildman–Crippen MR) is 86.3 cm³/mol. The normalized spacial score (nSPS) is 24.9. The van der Waals surface area contributed by atoms with Crippen LogP contribution in [-0.4, -0.2) is 36.5 Å². The molecular formula is C16H31ClN2O. The van der Waals surface area contributed by atoms with Crippen molar-refractivity contribution in [2.75, 3.05) is 19.6 Å². The van der Waals surface area contributed by atoms with E-state index < -0.39 is 0 Å². The summed E-state index contributed by atoms with van der Waals surface area (Å²) in [6.07, 6.45) is 10.5. The molecule has 1 unspecified atom stereocenters. The van der Waals surface area contributed by atoms with Crippen LogP contribution in [0.3, 0.4) is 0 Å². The molecule has 0 spiro atoms. The Morgan fingerprint density at radius 1 is 1.15 bits per heavy atom. The van der Waals surface area contributed by atoms with Crippen molar-refractivity contribution in [3.05, 3.63) is 0 Å². The number of halogens is 1. The number of nitrogens with zero attached hydrogens (tertiary/aromatic N) is 1. The predicted octanol–water partition coefficient (Wildman–Crippen LogP) is 3.37. The van der Waals surface area contributed by atoms with Crippen LogP contribution in [0.5, 0.6) is 0 Å². The standard InChI is InChI=1S/C16H30N2O.ClH/c1-2-15-6-4-3-5-13-18(15)16(19)8-7-14-9-11-17-12-10-14;/h14-15,17H,2-13H2,1H3;1H. The van der Waals surface area contributed by atoms with Gasteiger partial charge in [-0.25, -0.2) is 0 Å². The molecule has 2 aliphatic rings. The Morgan fingerprint density at radius 3 is 2.60 bits per heavy atom. The van der Waals surface area contributed by atoms with E-state index in [1.165, 1.54) is 38.5 Å². The van der Waals surface area contributed by atoms with E-state index in [-0.39, 0.29) is 12.4 Å². The summed E-state index contributed by atoms with van der Waals surface area (Å²) in [7, 11) is 0. The molecule has 2 heterocycles. The van der Waals surface area contributed by atoms with Crippen LogP contribution in [0.4, 0.5) is 0 Å². The van der Waals surface area contributed by atoms with Crippen LogP contribution in [-0.2, 0) is 4.79 Å². The summed E-state index contributed by atoms with van der Waals surface area (Å²) in [6.45, 7) is 5.51. The monoisotopic (exact) mass is 302 g/mol. The van der Waals surface area contributed by atoms with Gasteiger partial charge in [0.15, 0.2) is 0 Å². The van der Waals surface area contributed by atoms with Crippen molar-refractivity contribution in [2.24, 2.45) is 5.92 Å². The first-order valence-corrected chi connectivity index (χ1v) is 8.31. The van der Waals surface area contributed by atoms with Gasteiger partial charge in [0, 0.05) is 19.0 Å². The van der Waals surface area contributed by atoms with E-state index in [4.69, 9.17) is 0 Å². The van der Waals surface area contributed by atoms with Crippen LogP contribution in [0, 0.1) is 5.92 Å². The van der Waals surface area contributed by atoms with Crippen molar-refractivity contribution in [1.29, 1.82) is 0 Å². The SMILES string of the molecule is CCC1CCCCCN1C(=O)CCC1CCNCC1.Cl. The van der Waals surface area contributed by atoms with Gasteiger partial charge in [0.2, 0.25) is 5.91 Å². The summed E-state index contributed by atoms with van der Waals surface area (Å²) < 4.78 is 0. The molecule has 0 aromatic heterocycles. The molecule has 1 atom stereocenters. The molecule has 3 nitrogen and oxygen atoms in total. The average Bonchev–Trinajstić information content (AvgIpc) is 2.71. The molecule has 0 aliphatic carbocycles. The Kier molecular flexibility index (Phi) is 8.55. The second-order valence-corrected chi connectivity index (χ2v) is 6.23. The van der Waals surface area contributed by atoms with Gasteiger partial charge in [-0.15, -0.1) is 12.4 Å². The molecule has 2 saturated heterocycles. The van der Waals surface area contributed by atoms with Crippen molar-refractivity contribution in [2.45, 2.75) is 70.8 Å². The highest BCUT2D eigenvalue weighted by atomic mass is 35.5. The zero-order chi connectivity index (χ0) is 13.5. The molecule has 118 valence electrons. The van der Waals surface area contributed by atoms with Gasteiger partial charge in [0.1, 0.15) is 0 Å². The van der Waals surface area contributed by atoms with Crippen LogP contribution in [0.1, 0.15) is 64.7 Å². The smallest absolute Gasteiger partial charge is 0.222 e. The zero-order valence-corrected chi connectivity index (χ0v) is 13.7. The van der Waals surface area contributed by atoms with Crippen molar-refractivity contribution in [3.8, 4) is 0 Å². The summed E-state index contributed by atoms with van der Waals surface area (Å²) in [5, 5.41) is 3.39. The summed E-state index contributed by atoms with van der Waals surface area (Å²) in [5.74, 6) is 1.20. The molecule has 0 radical (unpaired) electrons. The van der Waals surface area contributed by atoms with Gasteiger partial charge in [0.25, 0.3) is 0 Å². The molecule has 1 amide bonds. The molecular weight excluding hydrogens is 272 g/mol. The number of nitrogens with one attached hydrogen (secondary N) is 1. The van der Waals surface area contributed by atoms with Crippen molar-refractivity contribution in [3.63, 3.8) is 0 Å².